The molecule has 7 nitrogen and oxygen atoms in total. The molecule has 0 bridgehead atoms. The van der Waals surface area contributed by atoms with E-state index in [2.05, 4.69) is 39.4 Å². The Kier molecular flexibility index (Phi) is 6.47. The third-order valence-electron chi connectivity index (χ3n) is 5.77. The molecule has 0 aliphatic carbocycles. The van der Waals surface area contributed by atoms with Crippen LogP contribution >= 0.6 is 0 Å². The number of anilines is 2. The van der Waals surface area contributed by atoms with Gasteiger partial charge in [0.2, 0.25) is 0 Å². The second-order valence-corrected chi connectivity index (χ2v) is 8.01. The monoisotopic (exact) mass is 430 g/mol. The molecular weight excluding hydrogens is 404 g/mol. The fourth-order valence-corrected chi connectivity index (χ4v) is 3.97. The first kappa shape index (κ1) is 21.5. The Balaban J connectivity index is 1.32. The first-order valence-corrected chi connectivity index (χ1v) is 10.7. The van der Waals surface area contributed by atoms with Crippen LogP contribution < -0.4 is 10.2 Å². The second kappa shape index (κ2) is 9.62. The zero-order valence-electron chi connectivity index (χ0n) is 18.0. The second-order valence-electron chi connectivity index (χ2n) is 8.01. The third-order valence-corrected chi connectivity index (χ3v) is 5.77. The fourth-order valence-electron chi connectivity index (χ4n) is 3.97. The summed E-state index contributed by atoms with van der Waals surface area (Å²) in [5.74, 6) is -0.287. The number of amides is 1. The number of rotatable bonds is 6. The topological polar surface area (TPSA) is 78.7 Å². The zero-order valence-corrected chi connectivity index (χ0v) is 18.0. The van der Waals surface area contributed by atoms with Crippen molar-refractivity contribution in [3.05, 3.63) is 99.6 Å². The van der Waals surface area contributed by atoms with Gasteiger partial charge in [0, 0.05) is 61.3 Å². The van der Waals surface area contributed by atoms with Gasteiger partial charge in [-0.15, -0.1) is 0 Å². The number of nitro groups is 1. The molecule has 1 fully saturated rings. The van der Waals surface area contributed by atoms with Gasteiger partial charge in [-0.05, 0) is 48.9 Å². The average Bonchev–Trinajstić information content (AvgIpc) is 2.80. The molecule has 1 aliphatic rings. The predicted molar refractivity (Wildman–Crippen MR) is 126 cm³/mol. The molecule has 1 heterocycles. The Bertz CT molecular complexity index is 1090. The maximum absolute atomic E-state index is 12.5. The lowest BCUT2D eigenvalue weighted by Crippen LogP contribution is -2.45. The highest BCUT2D eigenvalue weighted by atomic mass is 16.6. The Morgan fingerprint density at radius 3 is 2.28 bits per heavy atom. The van der Waals surface area contributed by atoms with Gasteiger partial charge in [0.25, 0.3) is 11.6 Å². The summed E-state index contributed by atoms with van der Waals surface area (Å²) in [5, 5.41) is 13.8. The molecule has 3 aromatic rings. The van der Waals surface area contributed by atoms with Crippen molar-refractivity contribution in [3.8, 4) is 0 Å². The molecule has 0 saturated carbocycles. The van der Waals surface area contributed by atoms with Crippen molar-refractivity contribution in [3.63, 3.8) is 0 Å². The lowest BCUT2D eigenvalue weighted by Gasteiger charge is -2.36. The predicted octanol–water partition coefficient (Wildman–Crippen LogP) is 4.48. The lowest BCUT2D eigenvalue weighted by molar-refractivity contribution is -0.385. The van der Waals surface area contributed by atoms with Gasteiger partial charge >= 0.3 is 0 Å². The van der Waals surface area contributed by atoms with E-state index in [1.807, 2.05) is 30.3 Å². The van der Waals surface area contributed by atoms with Crippen LogP contribution in [0.25, 0.3) is 0 Å². The van der Waals surface area contributed by atoms with Gasteiger partial charge in [0.1, 0.15) is 0 Å². The molecule has 0 spiro atoms. The molecule has 0 radical (unpaired) electrons. The standard InChI is InChI=1S/C25H26N4O3/c1-19-17-21(7-12-24(19)29(31)32)25(30)26-22-8-10-23(11-9-22)28-15-13-27(14-16-28)18-20-5-3-2-4-6-20/h2-12,17H,13-16,18H2,1H3,(H,26,30). The van der Waals surface area contributed by atoms with E-state index in [1.54, 1.807) is 6.92 Å². The zero-order chi connectivity index (χ0) is 22.5. The van der Waals surface area contributed by atoms with Crippen LogP contribution in [0.1, 0.15) is 21.5 Å². The summed E-state index contributed by atoms with van der Waals surface area (Å²) in [7, 11) is 0. The number of benzene rings is 3. The van der Waals surface area contributed by atoms with Gasteiger partial charge in [-0.1, -0.05) is 30.3 Å². The number of nitrogens with zero attached hydrogens (tertiary/aromatic N) is 3. The van der Waals surface area contributed by atoms with Crippen LogP contribution in [0.4, 0.5) is 17.1 Å². The van der Waals surface area contributed by atoms with Crippen LogP contribution in [0.2, 0.25) is 0 Å². The number of nitro benzene ring substituents is 1. The van der Waals surface area contributed by atoms with Crippen molar-refractivity contribution in [1.82, 2.24) is 4.90 Å². The fraction of sp³-hybridized carbons (Fsp3) is 0.240. The molecule has 3 aromatic carbocycles. The van der Waals surface area contributed by atoms with Crippen molar-refractivity contribution in [2.75, 3.05) is 36.4 Å². The molecule has 164 valence electrons. The molecular formula is C25H26N4O3. The van der Waals surface area contributed by atoms with E-state index in [4.69, 9.17) is 0 Å². The van der Waals surface area contributed by atoms with Crippen molar-refractivity contribution in [2.24, 2.45) is 0 Å². The molecule has 32 heavy (non-hydrogen) atoms. The van der Waals surface area contributed by atoms with E-state index < -0.39 is 4.92 Å². The summed E-state index contributed by atoms with van der Waals surface area (Å²) in [5.41, 5.74) is 4.03. The molecule has 1 saturated heterocycles. The average molecular weight is 431 g/mol. The molecule has 0 aromatic heterocycles. The van der Waals surface area contributed by atoms with Crippen LogP contribution in [-0.2, 0) is 6.54 Å². The summed E-state index contributed by atoms with van der Waals surface area (Å²) in [4.78, 5) is 27.8. The smallest absolute Gasteiger partial charge is 0.272 e. The number of aryl methyl sites for hydroxylation is 1. The SMILES string of the molecule is Cc1cc(C(=O)Nc2ccc(N3CCN(Cc4ccccc4)CC3)cc2)ccc1[N+](=O)[O-]. The van der Waals surface area contributed by atoms with E-state index in [9.17, 15) is 14.9 Å². The van der Waals surface area contributed by atoms with Gasteiger partial charge in [-0.25, -0.2) is 0 Å². The quantitative estimate of drug-likeness (QED) is 0.461. The maximum atomic E-state index is 12.5. The van der Waals surface area contributed by atoms with Gasteiger partial charge < -0.3 is 10.2 Å². The van der Waals surface area contributed by atoms with Gasteiger partial charge in [-0.3, -0.25) is 19.8 Å². The first-order valence-electron chi connectivity index (χ1n) is 10.7. The van der Waals surface area contributed by atoms with Gasteiger partial charge in [0.15, 0.2) is 0 Å². The number of hydrogen-bond acceptors (Lipinski definition) is 5. The Morgan fingerprint density at radius 2 is 1.66 bits per heavy atom. The minimum absolute atomic E-state index is 0.00904. The van der Waals surface area contributed by atoms with Crippen molar-refractivity contribution in [2.45, 2.75) is 13.5 Å². The molecule has 4 rings (SSSR count). The summed E-state index contributed by atoms with van der Waals surface area (Å²) in [6.45, 7) is 6.53. The first-order chi connectivity index (χ1) is 15.5. The third kappa shape index (κ3) is 5.12. The number of piperazine rings is 1. The van der Waals surface area contributed by atoms with Crippen molar-refractivity contribution < 1.29 is 9.72 Å². The molecule has 7 heteroatoms. The lowest BCUT2D eigenvalue weighted by atomic mass is 10.1. The highest BCUT2D eigenvalue weighted by Crippen LogP contribution is 2.22. The molecule has 0 unspecified atom stereocenters. The minimum atomic E-state index is -0.447. The molecule has 0 atom stereocenters. The van der Waals surface area contributed by atoms with Crippen molar-refractivity contribution in [1.29, 1.82) is 0 Å². The van der Waals surface area contributed by atoms with Gasteiger partial charge in [0.05, 0.1) is 4.92 Å². The number of hydrogen-bond donors (Lipinski definition) is 1. The van der Waals surface area contributed by atoms with E-state index in [-0.39, 0.29) is 11.6 Å². The summed E-state index contributed by atoms with van der Waals surface area (Å²) in [6, 6.07) is 22.7. The largest absolute Gasteiger partial charge is 0.369 e. The Morgan fingerprint density at radius 1 is 0.969 bits per heavy atom. The molecule has 1 N–H and O–H groups in total. The van der Waals surface area contributed by atoms with E-state index in [0.29, 0.717) is 16.8 Å². The highest BCUT2D eigenvalue weighted by Gasteiger charge is 2.18. The molecule has 1 amide bonds. The Hall–Kier alpha value is -3.71. The highest BCUT2D eigenvalue weighted by molar-refractivity contribution is 6.04. The minimum Gasteiger partial charge on any atom is -0.369 e. The van der Waals surface area contributed by atoms with E-state index in [1.165, 1.54) is 23.8 Å². The van der Waals surface area contributed by atoms with Crippen LogP contribution in [0.5, 0.6) is 0 Å². The summed E-state index contributed by atoms with van der Waals surface area (Å²) in [6.07, 6.45) is 0. The van der Waals surface area contributed by atoms with E-state index in [0.717, 1.165) is 38.4 Å². The number of nitrogens with one attached hydrogen (secondary N) is 1. The van der Waals surface area contributed by atoms with Crippen LogP contribution in [-0.4, -0.2) is 41.9 Å². The van der Waals surface area contributed by atoms with Gasteiger partial charge in [-0.2, -0.15) is 0 Å². The van der Waals surface area contributed by atoms with Crippen LogP contribution in [0, 0.1) is 17.0 Å². The molecule has 1 aliphatic heterocycles. The maximum Gasteiger partial charge on any atom is 0.272 e. The van der Waals surface area contributed by atoms with E-state index >= 15 is 0 Å². The van der Waals surface area contributed by atoms with Crippen molar-refractivity contribution >= 4 is 23.0 Å². The summed E-state index contributed by atoms with van der Waals surface area (Å²) >= 11 is 0. The summed E-state index contributed by atoms with van der Waals surface area (Å²) < 4.78 is 0. The van der Waals surface area contributed by atoms with Crippen LogP contribution in [0.15, 0.2) is 72.8 Å². The Labute approximate surface area is 187 Å². The number of carbonyl (C=O) groups excluding carboxylic acids is 1. The normalized spacial score (nSPS) is 14.2. The number of carbonyl (C=O) groups is 1. The van der Waals surface area contributed by atoms with Crippen LogP contribution in [0.3, 0.4) is 0 Å².